The van der Waals surface area contributed by atoms with E-state index in [1.54, 1.807) is 29.7 Å². The number of nitrogens with one attached hydrogen (secondary N) is 1. The number of hydrogen-bond acceptors (Lipinski definition) is 5. The van der Waals surface area contributed by atoms with Crippen molar-refractivity contribution in [3.63, 3.8) is 0 Å². The van der Waals surface area contributed by atoms with Gasteiger partial charge < -0.3 is 0 Å². The number of non-ortho nitro benzene ring substituents is 1. The lowest BCUT2D eigenvalue weighted by atomic mass is 10.3. The van der Waals surface area contributed by atoms with Crippen molar-refractivity contribution < 1.29 is 4.92 Å². The summed E-state index contributed by atoms with van der Waals surface area (Å²) in [6, 6.07) is 8.24. The summed E-state index contributed by atoms with van der Waals surface area (Å²) in [4.78, 5) is 11.2. The maximum atomic E-state index is 10.6. The van der Waals surface area contributed by atoms with Crippen molar-refractivity contribution >= 4 is 28.9 Å². The molecule has 0 atom stereocenters. The Balaban J connectivity index is 2.06. The summed E-state index contributed by atoms with van der Waals surface area (Å²) >= 11 is 1.60. The zero-order valence-electron chi connectivity index (χ0n) is 9.66. The third-order valence-electron chi connectivity index (χ3n) is 2.33. The number of aryl methyl sites for hydroxylation is 1. The average Bonchev–Trinajstić information content (AvgIpc) is 2.76. The highest BCUT2D eigenvalue weighted by atomic mass is 32.1. The van der Waals surface area contributed by atoms with Gasteiger partial charge in [0, 0.05) is 17.0 Å². The van der Waals surface area contributed by atoms with Gasteiger partial charge in [0.25, 0.3) is 5.69 Å². The van der Waals surface area contributed by atoms with Crippen LogP contribution in [0.1, 0.15) is 10.4 Å². The first-order chi connectivity index (χ1) is 8.66. The SMILES string of the molecule is Cc1ccsc1C=NNc1cccc([N+](=O)[O-])c1. The highest BCUT2D eigenvalue weighted by Crippen LogP contribution is 2.17. The molecule has 6 heteroatoms. The summed E-state index contributed by atoms with van der Waals surface area (Å²) < 4.78 is 0. The summed E-state index contributed by atoms with van der Waals surface area (Å²) in [6.45, 7) is 2.01. The van der Waals surface area contributed by atoms with E-state index in [0.29, 0.717) is 5.69 Å². The third kappa shape index (κ3) is 2.92. The van der Waals surface area contributed by atoms with Gasteiger partial charge >= 0.3 is 0 Å². The van der Waals surface area contributed by atoms with E-state index >= 15 is 0 Å². The largest absolute Gasteiger partial charge is 0.278 e. The van der Waals surface area contributed by atoms with Crippen LogP contribution in [-0.4, -0.2) is 11.1 Å². The Hall–Kier alpha value is -2.21. The van der Waals surface area contributed by atoms with Crippen LogP contribution in [0.4, 0.5) is 11.4 Å². The van der Waals surface area contributed by atoms with Gasteiger partial charge in [0.1, 0.15) is 0 Å². The first-order valence-electron chi connectivity index (χ1n) is 5.24. The molecule has 92 valence electrons. The molecule has 0 bridgehead atoms. The normalized spacial score (nSPS) is 10.7. The van der Waals surface area contributed by atoms with Gasteiger partial charge in [0.15, 0.2) is 0 Å². The van der Waals surface area contributed by atoms with Gasteiger partial charge in [-0.3, -0.25) is 15.5 Å². The minimum absolute atomic E-state index is 0.0440. The molecular formula is C12H11N3O2S. The van der Waals surface area contributed by atoms with Gasteiger partial charge in [0.05, 0.1) is 16.8 Å². The summed E-state index contributed by atoms with van der Waals surface area (Å²) in [5.41, 5.74) is 4.57. The monoisotopic (exact) mass is 261 g/mol. The lowest BCUT2D eigenvalue weighted by molar-refractivity contribution is -0.384. The van der Waals surface area contributed by atoms with Crippen molar-refractivity contribution in [1.29, 1.82) is 0 Å². The van der Waals surface area contributed by atoms with Crippen LogP contribution in [0.3, 0.4) is 0 Å². The molecule has 0 amide bonds. The Morgan fingerprint density at radius 2 is 2.28 bits per heavy atom. The van der Waals surface area contributed by atoms with Crippen molar-refractivity contribution in [2.45, 2.75) is 6.92 Å². The minimum atomic E-state index is -0.432. The second kappa shape index (κ2) is 5.42. The fourth-order valence-corrected chi connectivity index (χ4v) is 2.16. The molecule has 18 heavy (non-hydrogen) atoms. The first-order valence-corrected chi connectivity index (χ1v) is 6.12. The number of nitro benzene ring substituents is 1. The number of rotatable bonds is 4. The number of hydrogen-bond donors (Lipinski definition) is 1. The fourth-order valence-electron chi connectivity index (χ4n) is 1.37. The maximum absolute atomic E-state index is 10.6. The predicted molar refractivity (Wildman–Crippen MR) is 73.4 cm³/mol. The van der Waals surface area contributed by atoms with E-state index in [0.717, 1.165) is 10.4 Å². The van der Waals surface area contributed by atoms with Crippen molar-refractivity contribution in [2.24, 2.45) is 5.10 Å². The molecule has 0 radical (unpaired) electrons. The first kappa shape index (κ1) is 12.3. The molecule has 0 unspecified atom stereocenters. The minimum Gasteiger partial charge on any atom is -0.278 e. The van der Waals surface area contributed by atoms with Crippen molar-refractivity contribution in [3.8, 4) is 0 Å². The van der Waals surface area contributed by atoms with Gasteiger partial charge in [-0.15, -0.1) is 11.3 Å². The molecule has 1 heterocycles. The molecule has 0 aliphatic carbocycles. The van der Waals surface area contributed by atoms with E-state index in [9.17, 15) is 10.1 Å². The molecule has 1 aromatic carbocycles. The molecule has 0 saturated carbocycles. The van der Waals surface area contributed by atoms with E-state index in [1.807, 2.05) is 18.4 Å². The number of hydrazone groups is 1. The molecular weight excluding hydrogens is 250 g/mol. The van der Waals surface area contributed by atoms with Crippen LogP contribution in [0.2, 0.25) is 0 Å². The second-order valence-corrected chi connectivity index (χ2v) is 4.59. The van der Waals surface area contributed by atoms with E-state index < -0.39 is 4.92 Å². The Kier molecular flexibility index (Phi) is 3.69. The standard InChI is InChI=1S/C12H11N3O2S/c1-9-5-6-18-12(9)8-13-14-10-3-2-4-11(7-10)15(16)17/h2-8,14H,1H3. The number of anilines is 1. The third-order valence-corrected chi connectivity index (χ3v) is 3.29. The second-order valence-electron chi connectivity index (χ2n) is 3.65. The molecule has 5 nitrogen and oxygen atoms in total. The van der Waals surface area contributed by atoms with E-state index in [2.05, 4.69) is 10.5 Å². The van der Waals surface area contributed by atoms with Crippen LogP contribution in [0.15, 0.2) is 40.8 Å². The number of nitro groups is 1. The molecule has 0 aliphatic rings. The van der Waals surface area contributed by atoms with Gasteiger partial charge in [-0.1, -0.05) is 6.07 Å². The van der Waals surface area contributed by atoms with E-state index in [4.69, 9.17) is 0 Å². The van der Waals surface area contributed by atoms with Crippen molar-refractivity contribution in [2.75, 3.05) is 5.43 Å². The summed E-state index contributed by atoms with van der Waals surface area (Å²) in [7, 11) is 0. The van der Waals surface area contributed by atoms with Gasteiger partial charge in [-0.05, 0) is 30.0 Å². The lowest BCUT2D eigenvalue weighted by Crippen LogP contribution is -1.92. The summed E-state index contributed by atoms with van der Waals surface area (Å²) in [5.74, 6) is 0. The number of benzene rings is 1. The van der Waals surface area contributed by atoms with E-state index in [1.165, 1.54) is 12.1 Å². The zero-order valence-corrected chi connectivity index (χ0v) is 10.5. The Labute approximate surface area is 108 Å². The maximum Gasteiger partial charge on any atom is 0.271 e. The summed E-state index contributed by atoms with van der Waals surface area (Å²) in [5, 5.41) is 16.6. The smallest absolute Gasteiger partial charge is 0.271 e. The van der Waals surface area contributed by atoms with Crippen LogP contribution >= 0.6 is 11.3 Å². The molecule has 1 N–H and O–H groups in total. The van der Waals surface area contributed by atoms with Crippen LogP contribution in [0.5, 0.6) is 0 Å². The fraction of sp³-hybridized carbons (Fsp3) is 0.0833. The van der Waals surface area contributed by atoms with Crippen LogP contribution in [-0.2, 0) is 0 Å². The Morgan fingerprint density at radius 3 is 2.94 bits per heavy atom. The molecule has 0 spiro atoms. The quantitative estimate of drug-likeness (QED) is 0.521. The van der Waals surface area contributed by atoms with E-state index in [-0.39, 0.29) is 5.69 Å². The lowest BCUT2D eigenvalue weighted by Gasteiger charge is -1.99. The summed E-state index contributed by atoms with van der Waals surface area (Å²) in [6.07, 6.45) is 1.71. The Bertz CT molecular complexity index is 593. The molecule has 0 fully saturated rings. The zero-order chi connectivity index (χ0) is 13.0. The topological polar surface area (TPSA) is 67.5 Å². The molecule has 2 aromatic rings. The molecule has 0 aliphatic heterocycles. The predicted octanol–water partition coefficient (Wildman–Crippen LogP) is 3.41. The average molecular weight is 261 g/mol. The van der Waals surface area contributed by atoms with Crippen molar-refractivity contribution in [1.82, 2.24) is 0 Å². The number of nitrogens with zero attached hydrogens (tertiary/aromatic N) is 2. The highest BCUT2D eigenvalue weighted by molar-refractivity contribution is 7.11. The Morgan fingerprint density at radius 1 is 1.44 bits per heavy atom. The van der Waals surface area contributed by atoms with Crippen LogP contribution < -0.4 is 5.43 Å². The van der Waals surface area contributed by atoms with Gasteiger partial charge in [0.2, 0.25) is 0 Å². The van der Waals surface area contributed by atoms with Crippen LogP contribution in [0.25, 0.3) is 0 Å². The number of thiophene rings is 1. The van der Waals surface area contributed by atoms with Gasteiger partial charge in [-0.2, -0.15) is 5.10 Å². The van der Waals surface area contributed by atoms with Crippen LogP contribution in [0, 0.1) is 17.0 Å². The molecule has 1 aromatic heterocycles. The molecule has 0 saturated heterocycles. The highest BCUT2D eigenvalue weighted by Gasteiger charge is 2.04. The molecule has 2 rings (SSSR count). The van der Waals surface area contributed by atoms with Crippen molar-refractivity contribution in [3.05, 3.63) is 56.3 Å². The van der Waals surface area contributed by atoms with Gasteiger partial charge in [-0.25, -0.2) is 0 Å².